The molecule has 0 spiro atoms. The Bertz CT molecular complexity index is 2310. The number of carbonyl (C=O) groups excluding carboxylic acids is 8. The molecule has 84 heavy (non-hydrogen) atoms. The maximum absolute atomic E-state index is 12.8. The van der Waals surface area contributed by atoms with Crippen LogP contribution in [0.4, 0.5) is 9.59 Å². The Kier molecular flexibility index (Phi) is 30.6. The number of esters is 2. The van der Waals surface area contributed by atoms with Crippen LogP contribution in [0.1, 0.15) is 124 Å². The second-order valence-corrected chi connectivity index (χ2v) is 24.7. The van der Waals surface area contributed by atoms with E-state index in [9.17, 15) is 58.2 Å². The van der Waals surface area contributed by atoms with E-state index in [0.29, 0.717) is 75.7 Å². The van der Waals surface area contributed by atoms with Gasteiger partial charge in [-0.2, -0.15) is 0 Å². The van der Waals surface area contributed by atoms with Crippen LogP contribution in [0.5, 0.6) is 0 Å². The Balaban J connectivity index is 0.000000270. The van der Waals surface area contributed by atoms with Crippen molar-refractivity contribution in [3.63, 3.8) is 0 Å². The molecule has 2 saturated carbocycles. The van der Waals surface area contributed by atoms with E-state index in [1.165, 1.54) is 99.2 Å². The highest BCUT2D eigenvalue weighted by atomic mass is 32.2. The molecule has 4 N–H and O–H groups in total. The van der Waals surface area contributed by atoms with Crippen molar-refractivity contribution in [1.82, 2.24) is 40.0 Å². The molecular formula is C60H90N8O14S2. The lowest BCUT2D eigenvalue weighted by Crippen LogP contribution is -2.55. The van der Waals surface area contributed by atoms with Gasteiger partial charge < -0.3 is 59.7 Å². The van der Waals surface area contributed by atoms with E-state index < -0.39 is 48.2 Å². The minimum atomic E-state index is -2.22. The number of aliphatic carboxylic acids is 2. The number of rotatable bonds is 23. The number of hydrogen-bond acceptors (Lipinski definition) is 16. The van der Waals surface area contributed by atoms with E-state index in [1.54, 1.807) is 75.6 Å². The molecule has 2 saturated heterocycles. The summed E-state index contributed by atoms with van der Waals surface area (Å²) in [6, 6.07) is 10.6. The van der Waals surface area contributed by atoms with Gasteiger partial charge in [0.1, 0.15) is 12.1 Å². The Labute approximate surface area is 503 Å². The fraction of sp³-hybridized carbons (Fsp3) is 0.633. The van der Waals surface area contributed by atoms with E-state index in [-0.39, 0.29) is 45.2 Å². The van der Waals surface area contributed by atoms with Gasteiger partial charge in [-0.25, -0.2) is 28.8 Å². The Morgan fingerprint density at radius 2 is 0.833 bits per heavy atom. The van der Waals surface area contributed by atoms with Crippen molar-refractivity contribution < 1.29 is 67.6 Å². The van der Waals surface area contributed by atoms with Gasteiger partial charge in [0.2, 0.25) is 24.0 Å². The third kappa shape index (κ3) is 25.1. The summed E-state index contributed by atoms with van der Waals surface area (Å²) in [5, 5.41) is 24.5. The summed E-state index contributed by atoms with van der Waals surface area (Å²) in [6.45, 7) is 18.9. The number of ether oxygens (including phenoxy) is 2. The molecule has 6 amide bonds. The first-order valence-electron chi connectivity index (χ1n) is 29.2. The van der Waals surface area contributed by atoms with Gasteiger partial charge in [-0.3, -0.25) is 19.2 Å². The standard InChI is InChI=1S/2C20H36N4O3S.C20H18O8/c2*1-16(19(26)23-12-10-22(3)11-13-23)21-20(27)24(14-15-28-17(2)25)9-8-18-6-4-5-7-18;1-11-3-7-13(8-4-11)19(25)27-15(17(21)22)16(18(23)24)28-20(26)14-9-5-12(2)6-10-14/h2*16,18H,4-15H2,1-3H3,(H,21,27);3-10,15-16H,1-2H3,(H,21,22)(H,23,24)/t2*16-;15-,16-/m001/s1. The molecule has 6 rings (SSSR count). The number of aryl methyl sites for hydroxylation is 2. The van der Waals surface area contributed by atoms with E-state index in [1.807, 2.05) is 23.9 Å². The number of nitrogens with one attached hydrogen (secondary N) is 2. The van der Waals surface area contributed by atoms with Crippen LogP contribution >= 0.6 is 23.5 Å². The van der Waals surface area contributed by atoms with Crippen molar-refractivity contribution >= 4 is 81.5 Å². The number of carboxylic acids is 2. The van der Waals surface area contributed by atoms with Crippen molar-refractivity contribution in [1.29, 1.82) is 0 Å². The third-order valence-electron chi connectivity index (χ3n) is 15.3. The van der Waals surface area contributed by atoms with Crippen LogP contribution in [-0.4, -0.2) is 226 Å². The second-order valence-electron chi connectivity index (χ2n) is 22.2. The second kappa shape index (κ2) is 36.6. The number of hydrogen-bond donors (Lipinski definition) is 4. The smallest absolute Gasteiger partial charge is 0.349 e. The molecule has 0 unspecified atom stereocenters. The van der Waals surface area contributed by atoms with Gasteiger partial charge in [0.25, 0.3) is 0 Å². The Hall–Kier alpha value is -6.24. The summed E-state index contributed by atoms with van der Waals surface area (Å²) in [6.07, 6.45) is 7.68. The van der Waals surface area contributed by atoms with E-state index in [2.05, 4.69) is 20.4 Å². The number of amides is 6. The van der Waals surface area contributed by atoms with Crippen LogP contribution < -0.4 is 10.6 Å². The molecule has 4 atom stereocenters. The molecule has 466 valence electrons. The van der Waals surface area contributed by atoms with E-state index in [0.717, 1.165) is 50.1 Å². The van der Waals surface area contributed by atoms with Crippen LogP contribution in [0.25, 0.3) is 0 Å². The first-order valence-corrected chi connectivity index (χ1v) is 31.2. The van der Waals surface area contributed by atoms with Crippen LogP contribution in [-0.2, 0) is 38.2 Å². The van der Waals surface area contributed by atoms with Gasteiger partial charge in [0, 0.05) is 104 Å². The highest BCUT2D eigenvalue weighted by Crippen LogP contribution is 2.29. The number of thioether (sulfide) groups is 2. The summed E-state index contributed by atoms with van der Waals surface area (Å²) < 4.78 is 9.64. The summed E-state index contributed by atoms with van der Waals surface area (Å²) in [7, 11) is 4.10. The molecule has 2 aromatic rings. The quantitative estimate of drug-likeness (QED) is 0.0893. The zero-order chi connectivity index (χ0) is 61.9. The largest absolute Gasteiger partial charge is 0.478 e. The monoisotopic (exact) mass is 1210 g/mol. The lowest BCUT2D eigenvalue weighted by Gasteiger charge is -2.34. The molecule has 0 radical (unpaired) electrons. The van der Waals surface area contributed by atoms with Crippen molar-refractivity contribution in [3.8, 4) is 0 Å². The minimum absolute atomic E-state index is 0.0182. The summed E-state index contributed by atoms with van der Waals surface area (Å²) in [5.41, 5.74) is 1.79. The summed E-state index contributed by atoms with van der Waals surface area (Å²) >= 11 is 2.49. The van der Waals surface area contributed by atoms with Crippen molar-refractivity contribution in [2.75, 3.05) is 104 Å². The van der Waals surface area contributed by atoms with Crippen LogP contribution in [0, 0.1) is 25.7 Å². The number of benzene rings is 2. The topological polar surface area (TPSA) is 273 Å². The SMILES string of the molecule is CC(=O)SCCN(CCC1CCCC1)C(=O)N[C@@H](C)C(=O)N1CCN(C)CC1.CC(=O)SCCN(CCC1CCCC1)C(=O)N[C@@H](C)C(=O)N1CCN(C)CC1.Cc1ccc(C(=O)O[C@@H](C(=O)O)[C@@H](OC(=O)c2ccc(C)cc2)C(=O)O)cc1. The van der Waals surface area contributed by atoms with E-state index >= 15 is 0 Å². The summed E-state index contributed by atoms with van der Waals surface area (Å²) in [4.78, 5) is 132. The van der Waals surface area contributed by atoms with E-state index in [4.69, 9.17) is 9.47 Å². The Morgan fingerprint density at radius 3 is 1.12 bits per heavy atom. The maximum atomic E-state index is 12.8. The first-order chi connectivity index (χ1) is 39.9. The average Bonchev–Trinajstić information content (AvgIpc) is 4.24. The molecule has 2 aliphatic carbocycles. The molecule has 4 aliphatic rings. The molecular weight excluding hydrogens is 1120 g/mol. The lowest BCUT2D eigenvalue weighted by atomic mass is 10.0. The van der Waals surface area contributed by atoms with Gasteiger partial charge in [0.15, 0.2) is 10.2 Å². The molecule has 2 heterocycles. The van der Waals surface area contributed by atoms with Crippen molar-refractivity contribution in [2.45, 2.75) is 130 Å². The molecule has 22 nitrogen and oxygen atoms in total. The predicted octanol–water partition coefficient (Wildman–Crippen LogP) is 6.26. The van der Waals surface area contributed by atoms with Gasteiger partial charge in [0.05, 0.1) is 11.1 Å². The number of carbonyl (C=O) groups is 10. The normalized spacial score (nSPS) is 17.1. The van der Waals surface area contributed by atoms with Gasteiger partial charge in [-0.05, 0) is 90.7 Å². The number of nitrogens with zero attached hydrogens (tertiary/aromatic N) is 6. The minimum Gasteiger partial charge on any atom is -0.478 e. The predicted molar refractivity (Wildman–Crippen MR) is 323 cm³/mol. The molecule has 0 aromatic heterocycles. The zero-order valence-electron chi connectivity index (χ0n) is 50.3. The third-order valence-corrected chi connectivity index (χ3v) is 16.9. The van der Waals surface area contributed by atoms with Crippen LogP contribution in [0.3, 0.4) is 0 Å². The molecule has 4 fully saturated rings. The molecule has 2 aliphatic heterocycles. The number of piperazine rings is 2. The number of carboxylic acid groups (broad SMARTS) is 2. The van der Waals surface area contributed by atoms with Gasteiger partial charge in [-0.15, -0.1) is 0 Å². The maximum Gasteiger partial charge on any atom is 0.349 e. The lowest BCUT2D eigenvalue weighted by molar-refractivity contribution is -0.166. The molecule has 0 bridgehead atoms. The molecule has 24 heteroatoms. The van der Waals surface area contributed by atoms with Crippen LogP contribution in [0.2, 0.25) is 0 Å². The van der Waals surface area contributed by atoms with Gasteiger partial charge in [-0.1, -0.05) is 110 Å². The highest BCUT2D eigenvalue weighted by Gasteiger charge is 2.41. The fourth-order valence-corrected chi connectivity index (χ4v) is 11.2. The van der Waals surface area contributed by atoms with Crippen LogP contribution in [0.15, 0.2) is 48.5 Å². The average molecular weight is 1210 g/mol. The number of likely N-dealkylation sites (N-methyl/N-ethyl adjacent to an activating group) is 2. The van der Waals surface area contributed by atoms with Crippen molar-refractivity contribution in [2.24, 2.45) is 11.8 Å². The highest BCUT2D eigenvalue weighted by molar-refractivity contribution is 8.13. The molecule has 2 aromatic carbocycles. The summed E-state index contributed by atoms with van der Waals surface area (Å²) in [5.74, 6) is -3.09. The zero-order valence-corrected chi connectivity index (χ0v) is 52.0. The fourth-order valence-electron chi connectivity index (χ4n) is 10.0. The Morgan fingerprint density at radius 1 is 0.524 bits per heavy atom. The number of urea groups is 2. The first kappa shape index (κ1) is 70.2. The van der Waals surface area contributed by atoms with Crippen molar-refractivity contribution in [3.05, 3.63) is 70.8 Å². The van der Waals surface area contributed by atoms with Gasteiger partial charge >= 0.3 is 35.9 Å².